The molecule has 46 heavy (non-hydrogen) atoms. The van der Waals surface area contributed by atoms with Crippen LogP contribution in [-0.2, 0) is 28.6 Å². The first kappa shape index (κ1) is 35.1. The number of methoxy groups -OCH3 is 1. The van der Waals surface area contributed by atoms with Crippen LogP contribution in [0.3, 0.4) is 0 Å². The molecule has 0 saturated carbocycles. The smallest absolute Gasteiger partial charge is 0.343 e. The summed E-state index contributed by atoms with van der Waals surface area (Å²) in [5.74, 6) is -0.318. The molecule has 242 valence electrons. The highest BCUT2D eigenvalue weighted by Gasteiger charge is 2.13. The van der Waals surface area contributed by atoms with Gasteiger partial charge in [-0.1, -0.05) is 37.4 Å². The van der Waals surface area contributed by atoms with Gasteiger partial charge in [-0.3, -0.25) is 4.79 Å². The molecule has 3 aromatic carbocycles. The standard InChI is InChI=1S/C36H38O10/c1-4-33(37)44-23-7-5-21-43-31-17-19-32(20-18-31)46-36(40)29-11-9-27(10-12-29)28-13-15-30(16-14-28)42-22-6-8-24-45-35(39)26(2)25-34(38)41-3/h4,9-20H,1-2,5-8,21-25H2,3H3. The van der Waals surface area contributed by atoms with Gasteiger partial charge in [0.05, 0.1) is 45.5 Å². The van der Waals surface area contributed by atoms with Crippen LogP contribution in [0.2, 0.25) is 0 Å². The fourth-order valence-electron chi connectivity index (χ4n) is 3.92. The van der Waals surface area contributed by atoms with Gasteiger partial charge in [-0.05, 0) is 85.3 Å². The minimum absolute atomic E-state index is 0.0576. The monoisotopic (exact) mass is 630 g/mol. The van der Waals surface area contributed by atoms with Gasteiger partial charge in [0.15, 0.2) is 0 Å². The summed E-state index contributed by atoms with van der Waals surface area (Å²) in [6.45, 7) is 8.32. The molecule has 0 radical (unpaired) electrons. The molecular weight excluding hydrogens is 592 g/mol. The molecule has 0 aliphatic heterocycles. The van der Waals surface area contributed by atoms with Crippen LogP contribution in [0.5, 0.6) is 17.2 Å². The minimum Gasteiger partial charge on any atom is -0.494 e. The summed E-state index contributed by atoms with van der Waals surface area (Å²) in [7, 11) is 1.24. The highest BCUT2D eigenvalue weighted by atomic mass is 16.5. The van der Waals surface area contributed by atoms with Gasteiger partial charge in [-0.2, -0.15) is 0 Å². The lowest BCUT2D eigenvalue weighted by atomic mass is 10.0. The zero-order valence-electron chi connectivity index (χ0n) is 25.9. The van der Waals surface area contributed by atoms with Crippen LogP contribution >= 0.6 is 0 Å². The van der Waals surface area contributed by atoms with E-state index in [0.717, 1.165) is 23.6 Å². The Morgan fingerprint density at radius 1 is 0.652 bits per heavy atom. The minimum atomic E-state index is -0.612. The van der Waals surface area contributed by atoms with Gasteiger partial charge in [0.25, 0.3) is 0 Å². The predicted octanol–water partition coefficient (Wildman–Crippen LogP) is 6.28. The van der Waals surface area contributed by atoms with Crippen LogP contribution < -0.4 is 14.2 Å². The third kappa shape index (κ3) is 12.3. The van der Waals surface area contributed by atoms with Gasteiger partial charge in [0.2, 0.25) is 0 Å². The predicted molar refractivity (Wildman–Crippen MR) is 171 cm³/mol. The molecule has 0 bridgehead atoms. The Bertz CT molecular complexity index is 1460. The molecular formula is C36H38O10. The second-order valence-corrected chi connectivity index (χ2v) is 9.94. The summed E-state index contributed by atoms with van der Waals surface area (Å²) in [6.07, 6.45) is 3.61. The average Bonchev–Trinajstić information content (AvgIpc) is 3.08. The number of unbranched alkanes of at least 4 members (excludes halogenated alkanes) is 2. The number of carbonyl (C=O) groups is 4. The number of carbonyl (C=O) groups excluding carboxylic acids is 4. The van der Waals surface area contributed by atoms with Crippen molar-refractivity contribution in [2.75, 3.05) is 33.5 Å². The van der Waals surface area contributed by atoms with Gasteiger partial charge in [0, 0.05) is 11.6 Å². The second-order valence-electron chi connectivity index (χ2n) is 9.94. The molecule has 0 aliphatic rings. The van der Waals surface area contributed by atoms with E-state index in [9.17, 15) is 19.2 Å². The Morgan fingerprint density at radius 2 is 1.13 bits per heavy atom. The van der Waals surface area contributed by atoms with Crippen LogP contribution in [-0.4, -0.2) is 57.4 Å². The molecule has 10 nitrogen and oxygen atoms in total. The fourth-order valence-corrected chi connectivity index (χ4v) is 3.92. The molecule has 10 heteroatoms. The van der Waals surface area contributed by atoms with Crippen molar-refractivity contribution in [3.8, 4) is 28.4 Å². The number of rotatable bonds is 19. The van der Waals surface area contributed by atoms with Gasteiger partial charge in [0.1, 0.15) is 17.2 Å². The lowest BCUT2D eigenvalue weighted by Gasteiger charge is -2.09. The van der Waals surface area contributed by atoms with Crippen LogP contribution in [0, 0.1) is 0 Å². The van der Waals surface area contributed by atoms with Crippen molar-refractivity contribution in [3.63, 3.8) is 0 Å². The van der Waals surface area contributed by atoms with E-state index in [1.165, 1.54) is 7.11 Å². The topological polar surface area (TPSA) is 124 Å². The molecule has 0 unspecified atom stereocenters. The Morgan fingerprint density at radius 3 is 1.67 bits per heavy atom. The maximum Gasteiger partial charge on any atom is 0.343 e. The summed E-state index contributed by atoms with van der Waals surface area (Å²) in [4.78, 5) is 46.7. The molecule has 0 fully saturated rings. The van der Waals surface area contributed by atoms with E-state index in [1.54, 1.807) is 36.4 Å². The van der Waals surface area contributed by atoms with Crippen molar-refractivity contribution < 1.29 is 47.6 Å². The highest BCUT2D eigenvalue weighted by Crippen LogP contribution is 2.24. The van der Waals surface area contributed by atoms with Gasteiger partial charge >= 0.3 is 23.9 Å². The van der Waals surface area contributed by atoms with Crippen molar-refractivity contribution in [2.24, 2.45) is 0 Å². The number of hydrogen-bond acceptors (Lipinski definition) is 10. The van der Waals surface area contributed by atoms with Crippen LogP contribution in [0.1, 0.15) is 42.5 Å². The van der Waals surface area contributed by atoms with Crippen molar-refractivity contribution >= 4 is 23.9 Å². The van der Waals surface area contributed by atoms with E-state index in [4.69, 9.17) is 23.7 Å². The van der Waals surface area contributed by atoms with E-state index < -0.39 is 23.9 Å². The number of benzene rings is 3. The molecule has 0 atom stereocenters. The first-order valence-corrected chi connectivity index (χ1v) is 14.8. The van der Waals surface area contributed by atoms with Crippen LogP contribution in [0.25, 0.3) is 11.1 Å². The lowest BCUT2D eigenvalue weighted by molar-refractivity contribution is -0.144. The Balaban J connectivity index is 1.35. The molecule has 0 aliphatic carbocycles. The first-order valence-electron chi connectivity index (χ1n) is 14.8. The maximum atomic E-state index is 12.7. The summed E-state index contributed by atoms with van der Waals surface area (Å²) in [5, 5.41) is 0. The van der Waals surface area contributed by atoms with Crippen molar-refractivity contribution in [1.82, 2.24) is 0 Å². The van der Waals surface area contributed by atoms with Gasteiger partial charge in [-0.25, -0.2) is 14.4 Å². The van der Waals surface area contributed by atoms with E-state index in [2.05, 4.69) is 17.9 Å². The molecule has 0 N–H and O–H groups in total. The normalized spacial score (nSPS) is 10.3. The zero-order chi connectivity index (χ0) is 33.1. The number of esters is 4. The molecule has 0 spiro atoms. The lowest BCUT2D eigenvalue weighted by Crippen LogP contribution is -2.13. The molecule has 3 rings (SSSR count). The SMILES string of the molecule is C=CC(=O)OCCCCOc1ccc(OC(=O)c2ccc(-c3ccc(OCCCCOC(=O)C(=C)CC(=O)OC)cc3)cc2)cc1. The Hall–Kier alpha value is -5.38. The van der Waals surface area contributed by atoms with Crippen molar-refractivity contribution in [2.45, 2.75) is 32.1 Å². The van der Waals surface area contributed by atoms with Crippen molar-refractivity contribution in [3.05, 3.63) is 103 Å². The third-order valence-corrected chi connectivity index (χ3v) is 6.48. The van der Waals surface area contributed by atoms with E-state index in [-0.39, 0.29) is 18.6 Å². The van der Waals surface area contributed by atoms with Crippen LogP contribution in [0.4, 0.5) is 0 Å². The average molecular weight is 631 g/mol. The zero-order valence-corrected chi connectivity index (χ0v) is 25.9. The van der Waals surface area contributed by atoms with Crippen molar-refractivity contribution in [1.29, 1.82) is 0 Å². The first-order chi connectivity index (χ1) is 22.3. The number of ether oxygens (including phenoxy) is 6. The summed E-state index contributed by atoms with van der Waals surface area (Å²) >= 11 is 0. The third-order valence-electron chi connectivity index (χ3n) is 6.48. The summed E-state index contributed by atoms with van der Waals surface area (Å²) in [5.41, 5.74) is 2.36. The van der Waals surface area contributed by atoms with E-state index in [1.807, 2.05) is 36.4 Å². The number of hydrogen-bond donors (Lipinski definition) is 0. The van der Waals surface area contributed by atoms with Gasteiger partial charge < -0.3 is 28.4 Å². The maximum absolute atomic E-state index is 12.7. The molecule has 0 heterocycles. The molecule has 3 aromatic rings. The summed E-state index contributed by atoms with van der Waals surface area (Å²) in [6, 6.07) is 21.5. The Labute approximate surface area is 268 Å². The van der Waals surface area contributed by atoms with Gasteiger partial charge in [-0.15, -0.1) is 0 Å². The molecule has 0 saturated heterocycles. The van der Waals surface area contributed by atoms with E-state index >= 15 is 0 Å². The summed E-state index contributed by atoms with van der Waals surface area (Å²) < 4.78 is 31.5. The van der Waals surface area contributed by atoms with Crippen LogP contribution in [0.15, 0.2) is 97.6 Å². The Kier molecular flexibility index (Phi) is 14.6. The fraction of sp³-hybridized carbons (Fsp3) is 0.278. The molecule has 0 aromatic heterocycles. The second kappa shape index (κ2) is 19.1. The molecule has 0 amide bonds. The largest absolute Gasteiger partial charge is 0.494 e. The quantitative estimate of drug-likeness (QED) is 0.0491. The highest BCUT2D eigenvalue weighted by molar-refractivity contribution is 5.93. The van der Waals surface area contributed by atoms with E-state index in [0.29, 0.717) is 61.9 Å².